The monoisotopic (exact) mass is 226 g/mol. The van der Waals surface area contributed by atoms with E-state index in [4.69, 9.17) is 4.74 Å². The first-order chi connectivity index (χ1) is 7.33. The second-order valence-corrected chi connectivity index (χ2v) is 3.98. The fraction of sp³-hybridized carbons (Fsp3) is 0.364. The van der Waals surface area contributed by atoms with E-state index in [2.05, 4.69) is 4.74 Å². The normalized spacial score (nSPS) is 9.93. The molecule has 0 spiro atoms. The van der Waals surface area contributed by atoms with Crippen molar-refractivity contribution >= 4 is 17.7 Å². The number of esters is 1. The standard InChI is InChI=1S/C11H14O3S/c1-13-9-11(12)14-7-8-15-10-5-3-2-4-6-10/h2-6H,7-9H2,1H3. The lowest BCUT2D eigenvalue weighted by atomic mass is 10.4. The van der Waals surface area contributed by atoms with E-state index in [0.717, 1.165) is 5.75 Å². The van der Waals surface area contributed by atoms with E-state index in [9.17, 15) is 4.79 Å². The topological polar surface area (TPSA) is 35.5 Å². The van der Waals surface area contributed by atoms with Gasteiger partial charge in [-0.15, -0.1) is 11.8 Å². The molecule has 0 saturated heterocycles. The third-order valence-corrected chi connectivity index (χ3v) is 2.60. The number of methoxy groups -OCH3 is 1. The van der Waals surface area contributed by atoms with E-state index in [1.807, 2.05) is 30.3 Å². The summed E-state index contributed by atoms with van der Waals surface area (Å²) in [7, 11) is 1.47. The Morgan fingerprint density at radius 1 is 1.33 bits per heavy atom. The lowest BCUT2D eigenvalue weighted by Crippen LogP contribution is -2.12. The maximum atomic E-state index is 10.9. The molecule has 1 rings (SSSR count). The molecule has 0 aliphatic carbocycles. The maximum absolute atomic E-state index is 10.9. The number of carbonyl (C=O) groups is 1. The van der Waals surface area contributed by atoms with Gasteiger partial charge in [0, 0.05) is 17.8 Å². The van der Waals surface area contributed by atoms with Crippen LogP contribution in [0.3, 0.4) is 0 Å². The third kappa shape index (κ3) is 5.44. The molecular formula is C11H14O3S. The van der Waals surface area contributed by atoms with Gasteiger partial charge in [0.25, 0.3) is 0 Å². The number of hydrogen-bond acceptors (Lipinski definition) is 4. The molecular weight excluding hydrogens is 212 g/mol. The Hall–Kier alpha value is -1.00. The predicted molar refractivity (Wildman–Crippen MR) is 60.0 cm³/mol. The highest BCUT2D eigenvalue weighted by molar-refractivity contribution is 7.99. The van der Waals surface area contributed by atoms with Crippen LogP contribution in [0.2, 0.25) is 0 Å². The van der Waals surface area contributed by atoms with Gasteiger partial charge >= 0.3 is 5.97 Å². The molecule has 0 atom stereocenters. The van der Waals surface area contributed by atoms with E-state index in [1.165, 1.54) is 12.0 Å². The van der Waals surface area contributed by atoms with Crippen molar-refractivity contribution in [1.29, 1.82) is 0 Å². The second-order valence-electron chi connectivity index (χ2n) is 2.81. The van der Waals surface area contributed by atoms with Gasteiger partial charge in [-0.2, -0.15) is 0 Å². The van der Waals surface area contributed by atoms with Crippen molar-refractivity contribution in [3.8, 4) is 0 Å². The zero-order valence-electron chi connectivity index (χ0n) is 8.64. The summed E-state index contributed by atoms with van der Waals surface area (Å²) in [4.78, 5) is 12.1. The summed E-state index contributed by atoms with van der Waals surface area (Å²) in [6.45, 7) is 0.442. The van der Waals surface area contributed by atoms with Gasteiger partial charge in [0.1, 0.15) is 13.2 Å². The van der Waals surface area contributed by atoms with Crippen LogP contribution in [-0.2, 0) is 14.3 Å². The Kier molecular flexibility index (Phi) is 5.88. The molecule has 0 radical (unpaired) electrons. The Balaban J connectivity index is 2.10. The Bertz CT molecular complexity index is 287. The zero-order valence-corrected chi connectivity index (χ0v) is 9.46. The molecule has 0 amide bonds. The van der Waals surface area contributed by atoms with E-state index in [1.54, 1.807) is 11.8 Å². The molecule has 0 heterocycles. The third-order valence-electron chi connectivity index (χ3n) is 1.62. The molecule has 4 heteroatoms. The maximum Gasteiger partial charge on any atom is 0.332 e. The molecule has 0 fully saturated rings. The molecule has 3 nitrogen and oxygen atoms in total. The molecule has 82 valence electrons. The molecule has 1 aromatic rings. The summed E-state index contributed by atoms with van der Waals surface area (Å²) in [5.41, 5.74) is 0. The molecule has 0 aliphatic rings. The predicted octanol–water partition coefficient (Wildman–Crippen LogP) is 1.97. The molecule has 0 N–H and O–H groups in total. The molecule has 15 heavy (non-hydrogen) atoms. The highest BCUT2D eigenvalue weighted by Gasteiger charge is 2.00. The van der Waals surface area contributed by atoms with Gasteiger partial charge in [-0.25, -0.2) is 4.79 Å². The van der Waals surface area contributed by atoms with Crippen LogP contribution in [0, 0.1) is 0 Å². The second kappa shape index (κ2) is 7.31. The van der Waals surface area contributed by atoms with Crippen molar-refractivity contribution in [3.63, 3.8) is 0 Å². The van der Waals surface area contributed by atoms with Crippen LogP contribution < -0.4 is 0 Å². The van der Waals surface area contributed by atoms with Gasteiger partial charge in [-0.3, -0.25) is 0 Å². The smallest absolute Gasteiger partial charge is 0.332 e. The minimum Gasteiger partial charge on any atom is -0.463 e. The zero-order chi connectivity index (χ0) is 10.9. The minimum absolute atomic E-state index is 0.0238. The number of hydrogen-bond donors (Lipinski definition) is 0. The summed E-state index contributed by atoms with van der Waals surface area (Å²) < 4.78 is 9.56. The van der Waals surface area contributed by atoms with Gasteiger partial charge in [0.15, 0.2) is 0 Å². The number of thioether (sulfide) groups is 1. The lowest BCUT2D eigenvalue weighted by Gasteiger charge is -2.03. The van der Waals surface area contributed by atoms with E-state index < -0.39 is 0 Å². The molecule has 0 saturated carbocycles. The number of carbonyl (C=O) groups excluding carboxylic acids is 1. The minimum atomic E-state index is -0.314. The van der Waals surface area contributed by atoms with Crippen molar-refractivity contribution in [2.45, 2.75) is 4.90 Å². The molecule has 0 unspecified atom stereocenters. The van der Waals surface area contributed by atoms with Gasteiger partial charge in [-0.05, 0) is 12.1 Å². The van der Waals surface area contributed by atoms with E-state index in [-0.39, 0.29) is 12.6 Å². The van der Waals surface area contributed by atoms with E-state index >= 15 is 0 Å². The van der Waals surface area contributed by atoms with Crippen LogP contribution >= 0.6 is 11.8 Å². The first kappa shape index (κ1) is 12.1. The molecule has 1 aromatic carbocycles. The first-order valence-corrected chi connectivity index (χ1v) is 5.64. The van der Waals surface area contributed by atoms with Crippen LogP contribution in [0.25, 0.3) is 0 Å². The van der Waals surface area contributed by atoms with Crippen LogP contribution in [-0.4, -0.2) is 32.0 Å². The van der Waals surface area contributed by atoms with Crippen molar-refractivity contribution in [2.75, 3.05) is 26.1 Å². The number of rotatable bonds is 6. The van der Waals surface area contributed by atoms with Crippen molar-refractivity contribution in [2.24, 2.45) is 0 Å². The SMILES string of the molecule is COCC(=O)OCCSc1ccccc1. The summed E-state index contributed by atoms with van der Waals surface area (Å²) in [6, 6.07) is 10.0. The van der Waals surface area contributed by atoms with Crippen LogP contribution in [0.4, 0.5) is 0 Å². The van der Waals surface area contributed by atoms with Crippen molar-refractivity contribution in [1.82, 2.24) is 0 Å². The van der Waals surface area contributed by atoms with Crippen LogP contribution in [0.1, 0.15) is 0 Å². The van der Waals surface area contributed by atoms with Gasteiger partial charge < -0.3 is 9.47 Å². The summed E-state index contributed by atoms with van der Waals surface area (Å²) in [5.74, 6) is 0.450. The highest BCUT2D eigenvalue weighted by Crippen LogP contribution is 2.16. The Morgan fingerprint density at radius 2 is 2.07 bits per heavy atom. The average molecular weight is 226 g/mol. The first-order valence-electron chi connectivity index (χ1n) is 4.65. The van der Waals surface area contributed by atoms with Gasteiger partial charge in [-0.1, -0.05) is 18.2 Å². The van der Waals surface area contributed by atoms with Crippen molar-refractivity contribution in [3.05, 3.63) is 30.3 Å². The summed E-state index contributed by atoms with van der Waals surface area (Å²) in [5, 5.41) is 0. The van der Waals surface area contributed by atoms with Crippen LogP contribution in [0.15, 0.2) is 35.2 Å². The van der Waals surface area contributed by atoms with Gasteiger partial charge in [0.2, 0.25) is 0 Å². The summed E-state index contributed by atoms with van der Waals surface area (Å²) in [6.07, 6.45) is 0. The fourth-order valence-corrected chi connectivity index (χ4v) is 1.74. The highest BCUT2D eigenvalue weighted by atomic mass is 32.2. The quantitative estimate of drug-likeness (QED) is 0.422. The lowest BCUT2D eigenvalue weighted by molar-refractivity contribution is -0.147. The molecule has 0 aliphatic heterocycles. The fourth-order valence-electron chi connectivity index (χ4n) is 0.991. The Morgan fingerprint density at radius 3 is 2.73 bits per heavy atom. The Labute approximate surface area is 93.8 Å². The number of benzene rings is 1. The molecule has 0 aromatic heterocycles. The van der Waals surface area contributed by atoms with E-state index in [0.29, 0.717) is 6.61 Å². The molecule has 0 bridgehead atoms. The average Bonchev–Trinajstić information content (AvgIpc) is 2.26. The van der Waals surface area contributed by atoms with Crippen molar-refractivity contribution < 1.29 is 14.3 Å². The van der Waals surface area contributed by atoms with Crippen LogP contribution in [0.5, 0.6) is 0 Å². The summed E-state index contributed by atoms with van der Waals surface area (Å²) >= 11 is 1.66. The largest absolute Gasteiger partial charge is 0.463 e. The number of ether oxygens (including phenoxy) is 2. The van der Waals surface area contributed by atoms with Gasteiger partial charge in [0.05, 0.1) is 0 Å².